The van der Waals surface area contributed by atoms with Crippen molar-refractivity contribution in [1.82, 2.24) is 4.90 Å². The first-order valence-corrected chi connectivity index (χ1v) is 18.6. The van der Waals surface area contributed by atoms with Crippen molar-refractivity contribution >= 4 is 25.3 Å². The minimum atomic E-state index is -0.960. The summed E-state index contributed by atoms with van der Waals surface area (Å²) in [6.45, 7) is 18.2. The number of hydrogen-bond acceptors (Lipinski definition) is 10. The van der Waals surface area contributed by atoms with E-state index < -0.39 is 42.6 Å². The minimum absolute atomic E-state index is 0.00291. The summed E-state index contributed by atoms with van der Waals surface area (Å²) in [6.07, 6.45) is 1.66. The Balaban J connectivity index is 1.23. The van der Waals surface area contributed by atoms with Crippen molar-refractivity contribution < 1.29 is 47.4 Å². The molecule has 0 spiro atoms. The van der Waals surface area contributed by atoms with Crippen LogP contribution < -0.4 is 9.47 Å². The van der Waals surface area contributed by atoms with Crippen LogP contribution >= 0.6 is 0 Å². The van der Waals surface area contributed by atoms with Crippen LogP contribution in [0.2, 0.25) is 6.32 Å². The Morgan fingerprint density at radius 3 is 2.33 bits per heavy atom. The third-order valence-electron chi connectivity index (χ3n) is 10.9. The fraction of sp³-hybridized carbons (Fsp3) is 0.625. The van der Waals surface area contributed by atoms with E-state index in [-0.39, 0.29) is 47.3 Å². The minimum Gasteiger partial charge on any atom is -0.487 e. The van der Waals surface area contributed by atoms with Crippen LogP contribution in [0.15, 0.2) is 42.5 Å². The average molecular weight is 720 g/mol. The number of rotatable bonds is 9. The van der Waals surface area contributed by atoms with Crippen LogP contribution in [-0.4, -0.2) is 72.3 Å². The molecular formula is C40H54BNO10. The topological polar surface area (TPSA) is 119 Å². The Morgan fingerprint density at radius 1 is 0.942 bits per heavy atom. The fourth-order valence-corrected chi connectivity index (χ4v) is 8.23. The van der Waals surface area contributed by atoms with E-state index in [2.05, 4.69) is 20.8 Å². The van der Waals surface area contributed by atoms with Crippen LogP contribution in [0.4, 0.5) is 9.59 Å². The highest BCUT2D eigenvalue weighted by Gasteiger charge is 2.67. The lowest BCUT2D eigenvalue weighted by Crippen LogP contribution is -2.65. The Labute approximate surface area is 308 Å². The van der Waals surface area contributed by atoms with E-state index in [0.717, 1.165) is 18.4 Å². The van der Waals surface area contributed by atoms with Gasteiger partial charge in [-0.15, -0.1) is 0 Å². The number of likely N-dealkylation sites (tertiary alicyclic amines) is 1. The number of ether oxygens (including phenoxy) is 5. The summed E-state index contributed by atoms with van der Waals surface area (Å²) in [5.41, 5.74) is -0.400. The molecule has 11 nitrogen and oxygen atoms in total. The lowest BCUT2D eigenvalue weighted by molar-refractivity contribution is -0.199. The second-order valence-corrected chi connectivity index (χ2v) is 17.4. The van der Waals surface area contributed by atoms with Crippen LogP contribution in [0.5, 0.6) is 11.5 Å². The molecule has 0 N–H and O–H groups in total. The molecule has 52 heavy (non-hydrogen) atoms. The summed E-state index contributed by atoms with van der Waals surface area (Å²) in [5.74, 6) is 0.516. The normalized spacial score (nSPS) is 26.2. The van der Waals surface area contributed by atoms with Gasteiger partial charge in [-0.05, 0) is 108 Å². The average Bonchev–Trinajstić information content (AvgIpc) is 3.65. The van der Waals surface area contributed by atoms with Gasteiger partial charge in [-0.3, -0.25) is 0 Å². The highest BCUT2D eigenvalue weighted by atomic mass is 16.7. The van der Waals surface area contributed by atoms with E-state index in [1.807, 2.05) is 30.3 Å². The van der Waals surface area contributed by atoms with Gasteiger partial charge in [-0.2, -0.15) is 0 Å². The smallest absolute Gasteiger partial charge is 0.487 e. The molecule has 2 aromatic carbocycles. The van der Waals surface area contributed by atoms with Gasteiger partial charge in [0.25, 0.3) is 0 Å². The third-order valence-corrected chi connectivity index (χ3v) is 10.9. The summed E-state index contributed by atoms with van der Waals surface area (Å²) in [4.78, 5) is 41.7. The Kier molecular flexibility index (Phi) is 10.4. The molecule has 2 bridgehead atoms. The maximum Gasteiger partial charge on any atom is 0.514 e. The van der Waals surface area contributed by atoms with Crippen LogP contribution in [0.1, 0.15) is 103 Å². The summed E-state index contributed by atoms with van der Waals surface area (Å²) in [5, 5.41) is 0. The number of hydrogen-bond donors (Lipinski definition) is 0. The molecule has 2 heterocycles. The van der Waals surface area contributed by atoms with E-state index in [1.165, 1.54) is 0 Å². The van der Waals surface area contributed by atoms with Crippen molar-refractivity contribution in [3.63, 3.8) is 0 Å². The number of benzene rings is 2. The van der Waals surface area contributed by atoms with Crippen LogP contribution in [0.3, 0.4) is 0 Å². The van der Waals surface area contributed by atoms with Crippen molar-refractivity contribution in [2.75, 3.05) is 13.1 Å². The first-order valence-electron chi connectivity index (χ1n) is 18.6. The summed E-state index contributed by atoms with van der Waals surface area (Å²) >= 11 is 0. The van der Waals surface area contributed by atoms with Crippen molar-refractivity contribution in [2.24, 2.45) is 17.3 Å². The molecule has 7 rings (SSSR count). The molecule has 2 aromatic rings. The summed E-state index contributed by atoms with van der Waals surface area (Å²) in [6, 6.07) is 13.0. The molecule has 5 aliphatic rings. The molecule has 3 aliphatic carbocycles. The number of carbonyl (C=O) groups excluding carboxylic acids is 3. The number of amides is 1. The molecular weight excluding hydrogens is 665 g/mol. The number of esters is 1. The van der Waals surface area contributed by atoms with Gasteiger partial charge < -0.3 is 37.9 Å². The molecule has 1 amide bonds. The van der Waals surface area contributed by atoms with Gasteiger partial charge in [0.05, 0.1) is 18.2 Å². The zero-order valence-electron chi connectivity index (χ0n) is 32.1. The second-order valence-electron chi connectivity index (χ2n) is 17.4. The van der Waals surface area contributed by atoms with Crippen molar-refractivity contribution in [1.29, 1.82) is 0 Å². The fourth-order valence-electron chi connectivity index (χ4n) is 8.23. The Bertz CT molecular complexity index is 1650. The van der Waals surface area contributed by atoms with Gasteiger partial charge in [-0.1, -0.05) is 50.2 Å². The SMILES string of the molecule is CC(C)(C)OC(=O)Oc1c(CCB2O[C@@H]3C[C@@H]4C[C@@H](C4(C)C)[C@]3(C)O2)ccc(O[C@H]2CCN(C(=O)OCc3ccccc3)C2)c1C(=O)OC(C)(C)C. The summed E-state index contributed by atoms with van der Waals surface area (Å²) < 4.78 is 42.4. The Hall–Kier alpha value is -3.77. The molecule has 0 unspecified atom stereocenters. The predicted molar refractivity (Wildman–Crippen MR) is 194 cm³/mol. The van der Waals surface area contributed by atoms with Gasteiger partial charge in [0.1, 0.15) is 35.2 Å². The highest BCUT2D eigenvalue weighted by Crippen LogP contribution is 2.65. The predicted octanol–water partition coefficient (Wildman–Crippen LogP) is 8.02. The zero-order valence-corrected chi connectivity index (χ0v) is 32.1. The van der Waals surface area contributed by atoms with Crippen molar-refractivity contribution in [3.05, 3.63) is 59.2 Å². The maximum atomic E-state index is 14.0. The van der Waals surface area contributed by atoms with Gasteiger partial charge in [0, 0.05) is 13.0 Å². The van der Waals surface area contributed by atoms with Crippen molar-refractivity contribution in [3.8, 4) is 11.5 Å². The Morgan fingerprint density at radius 2 is 1.65 bits per heavy atom. The van der Waals surface area contributed by atoms with E-state index in [0.29, 0.717) is 43.1 Å². The lowest BCUT2D eigenvalue weighted by Gasteiger charge is -2.64. The molecule has 0 radical (unpaired) electrons. The van der Waals surface area contributed by atoms with Crippen LogP contribution in [0, 0.1) is 17.3 Å². The van der Waals surface area contributed by atoms with Gasteiger partial charge in [0.2, 0.25) is 0 Å². The van der Waals surface area contributed by atoms with E-state index in [1.54, 1.807) is 58.6 Å². The molecule has 282 valence electrons. The third kappa shape index (κ3) is 8.23. The quantitative estimate of drug-likeness (QED) is 0.109. The molecule has 3 saturated carbocycles. The van der Waals surface area contributed by atoms with Gasteiger partial charge in [-0.25, -0.2) is 14.4 Å². The van der Waals surface area contributed by atoms with E-state index in [9.17, 15) is 14.4 Å². The molecule has 2 aliphatic heterocycles. The first-order chi connectivity index (χ1) is 24.3. The monoisotopic (exact) mass is 719 g/mol. The van der Waals surface area contributed by atoms with Crippen molar-refractivity contribution in [2.45, 2.75) is 130 Å². The van der Waals surface area contributed by atoms with E-state index in [4.69, 9.17) is 33.0 Å². The molecule has 0 aromatic heterocycles. The molecule has 2 saturated heterocycles. The largest absolute Gasteiger partial charge is 0.514 e. The highest BCUT2D eigenvalue weighted by molar-refractivity contribution is 6.45. The van der Waals surface area contributed by atoms with Gasteiger partial charge in [0.15, 0.2) is 5.75 Å². The molecule has 12 heteroatoms. The van der Waals surface area contributed by atoms with Crippen LogP contribution in [-0.2, 0) is 36.5 Å². The number of carbonyl (C=O) groups is 3. The lowest BCUT2D eigenvalue weighted by atomic mass is 9.43. The second kappa shape index (κ2) is 14.2. The standard InChI is InChI=1S/C40H54BNO10/c1-37(2,3)49-34(43)32-29(47-28-18-20-42(23-28)35(44)46-24-25-13-11-10-12-14-25)16-15-26(33(32)48-36(45)50-38(4,5)6)17-19-41-51-31-22-27-21-30(39(27,7)8)40(31,9)52-41/h10-16,27-28,30-31H,17-24H2,1-9H3/t27-,28-,30-,31+,40-/m0/s1. The summed E-state index contributed by atoms with van der Waals surface area (Å²) in [7, 11) is -0.452. The van der Waals surface area contributed by atoms with Crippen LogP contribution in [0.25, 0.3) is 0 Å². The van der Waals surface area contributed by atoms with E-state index >= 15 is 0 Å². The van der Waals surface area contributed by atoms with Gasteiger partial charge >= 0.3 is 25.3 Å². The maximum absolute atomic E-state index is 14.0. The molecule has 5 fully saturated rings. The zero-order chi connectivity index (χ0) is 37.6. The number of aryl methyl sites for hydroxylation is 1. The number of nitrogens with zero attached hydrogens (tertiary/aromatic N) is 1. The molecule has 5 atom stereocenters. The first kappa shape index (κ1) is 38.0.